The van der Waals surface area contributed by atoms with Crippen LogP contribution in [-0.4, -0.2) is 22.6 Å². The highest BCUT2D eigenvalue weighted by atomic mass is 19.3. The maximum atomic E-state index is 12.8. The molecular formula is C18H17F3N4O. The number of nitrogens with one attached hydrogen (secondary N) is 1. The van der Waals surface area contributed by atoms with Gasteiger partial charge in [0.25, 0.3) is 11.8 Å². The Balaban J connectivity index is 0.000000342. The average Bonchev–Trinajstić information content (AvgIpc) is 3.26. The van der Waals surface area contributed by atoms with Gasteiger partial charge < -0.3 is 11.1 Å². The molecule has 0 spiro atoms. The number of anilines is 1. The standard InChI is InChI=1S/C12H11F3N4O.C6H6/c13-7-3-8(6-17-5-7)18-2-1-10(16)19-11(20)9-4-12(9,14)15;1-2-4-6-5-3-1/h1-3,5-6,9,18H,4H2,(H2,16,19,20);1-6H/b2-1-;. The third-order valence-corrected chi connectivity index (χ3v) is 3.24. The van der Waals surface area contributed by atoms with E-state index in [2.05, 4.69) is 15.3 Å². The number of nitrogens with two attached hydrogens (primary N) is 1. The van der Waals surface area contributed by atoms with Crippen LogP contribution in [0.1, 0.15) is 6.42 Å². The van der Waals surface area contributed by atoms with E-state index in [1.54, 1.807) is 0 Å². The van der Waals surface area contributed by atoms with Gasteiger partial charge in [0.1, 0.15) is 17.6 Å². The Morgan fingerprint density at radius 2 is 1.81 bits per heavy atom. The van der Waals surface area contributed by atoms with Gasteiger partial charge in [-0.1, -0.05) is 36.4 Å². The smallest absolute Gasteiger partial charge is 0.260 e. The van der Waals surface area contributed by atoms with Crippen LogP contribution in [0, 0.1) is 11.7 Å². The number of benzene rings is 1. The van der Waals surface area contributed by atoms with Crippen LogP contribution >= 0.6 is 0 Å². The zero-order valence-corrected chi connectivity index (χ0v) is 13.6. The van der Waals surface area contributed by atoms with E-state index in [4.69, 9.17) is 5.73 Å². The molecule has 3 rings (SSSR count). The summed E-state index contributed by atoms with van der Waals surface area (Å²) in [5.74, 6) is -6.00. The normalized spacial score (nSPS) is 18.0. The highest BCUT2D eigenvalue weighted by Gasteiger charge is 2.61. The topological polar surface area (TPSA) is 80.4 Å². The van der Waals surface area contributed by atoms with E-state index in [-0.39, 0.29) is 5.84 Å². The molecular weight excluding hydrogens is 345 g/mol. The van der Waals surface area contributed by atoms with Crippen LogP contribution in [0.2, 0.25) is 0 Å². The number of carbonyl (C=O) groups excluding carboxylic acids is 1. The number of amides is 1. The quantitative estimate of drug-likeness (QED) is 0.645. The fourth-order valence-electron chi connectivity index (χ4n) is 1.82. The van der Waals surface area contributed by atoms with Crippen LogP contribution in [0.25, 0.3) is 0 Å². The molecule has 2 aromatic rings. The molecule has 0 bridgehead atoms. The largest absolute Gasteiger partial charge is 0.384 e. The van der Waals surface area contributed by atoms with E-state index in [1.165, 1.54) is 24.5 Å². The molecule has 0 aliphatic heterocycles. The highest BCUT2D eigenvalue weighted by molar-refractivity contribution is 6.01. The number of aromatic nitrogens is 1. The van der Waals surface area contributed by atoms with Crippen molar-refractivity contribution in [2.75, 3.05) is 5.32 Å². The van der Waals surface area contributed by atoms with E-state index in [1.807, 2.05) is 36.4 Å². The van der Waals surface area contributed by atoms with Crippen LogP contribution in [0.4, 0.5) is 18.9 Å². The van der Waals surface area contributed by atoms with Gasteiger partial charge in [-0.25, -0.2) is 13.2 Å². The van der Waals surface area contributed by atoms with E-state index < -0.39 is 30.0 Å². The van der Waals surface area contributed by atoms with Crippen molar-refractivity contribution >= 4 is 17.4 Å². The van der Waals surface area contributed by atoms with Crippen molar-refractivity contribution in [1.29, 1.82) is 0 Å². The second-order valence-corrected chi connectivity index (χ2v) is 5.42. The van der Waals surface area contributed by atoms with Gasteiger partial charge in [0.05, 0.1) is 18.1 Å². The minimum absolute atomic E-state index is 0.213. The van der Waals surface area contributed by atoms with E-state index in [9.17, 15) is 18.0 Å². The Morgan fingerprint density at radius 1 is 1.23 bits per heavy atom. The number of alkyl halides is 2. The molecule has 1 aromatic carbocycles. The lowest BCUT2D eigenvalue weighted by Gasteiger charge is -1.99. The van der Waals surface area contributed by atoms with Gasteiger partial charge in [0.15, 0.2) is 0 Å². The number of hydrogen-bond donors (Lipinski definition) is 2. The molecule has 26 heavy (non-hydrogen) atoms. The molecule has 1 saturated carbocycles. The van der Waals surface area contributed by atoms with Crippen LogP contribution in [0.15, 0.2) is 72.1 Å². The molecule has 3 N–H and O–H groups in total. The Bertz CT molecular complexity index is 767. The molecule has 0 radical (unpaired) electrons. The van der Waals surface area contributed by atoms with Crippen LogP contribution in [-0.2, 0) is 4.79 Å². The van der Waals surface area contributed by atoms with Crippen molar-refractivity contribution < 1.29 is 18.0 Å². The number of nitrogens with zero attached hydrogens (tertiary/aromatic N) is 2. The lowest BCUT2D eigenvalue weighted by atomic mass is 10.4. The summed E-state index contributed by atoms with van der Waals surface area (Å²) in [5.41, 5.74) is 5.76. The van der Waals surface area contributed by atoms with Crippen molar-refractivity contribution in [3.8, 4) is 0 Å². The molecule has 0 saturated heterocycles. The van der Waals surface area contributed by atoms with Gasteiger partial charge in [0, 0.05) is 18.7 Å². The Labute approximate surface area is 148 Å². The van der Waals surface area contributed by atoms with Crippen LogP contribution in [0.5, 0.6) is 0 Å². The van der Waals surface area contributed by atoms with Gasteiger partial charge in [-0.15, -0.1) is 0 Å². The number of hydrogen-bond acceptors (Lipinski definition) is 3. The SMILES string of the molecule is NC(/C=C\Nc1cncc(F)c1)=NC(=O)C1CC1(F)F.c1ccccc1. The fraction of sp³-hybridized carbons (Fsp3) is 0.167. The monoisotopic (exact) mass is 362 g/mol. The first-order valence-corrected chi connectivity index (χ1v) is 7.68. The molecule has 1 aliphatic rings. The summed E-state index contributed by atoms with van der Waals surface area (Å²) in [5, 5.41) is 2.65. The predicted molar refractivity (Wildman–Crippen MR) is 93.1 cm³/mol. The van der Waals surface area contributed by atoms with Crippen molar-refractivity contribution in [2.24, 2.45) is 16.6 Å². The number of carbonyl (C=O) groups is 1. The number of aliphatic imine (C=N–C) groups is 1. The maximum Gasteiger partial charge on any atom is 0.260 e. The lowest BCUT2D eigenvalue weighted by molar-refractivity contribution is -0.120. The summed E-state index contributed by atoms with van der Waals surface area (Å²) in [6, 6.07) is 13.2. The van der Waals surface area contributed by atoms with Crippen LogP contribution in [0.3, 0.4) is 0 Å². The van der Waals surface area contributed by atoms with Gasteiger partial charge in [-0.05, 0) is 6.08 Å². The summed E-state index contributed by atoms with van der Waals surface area (Å²) in [6.07, 6.45) is 4.44. The zero-order chi connectivity index (χ0) is 19.0. The molecule has 1 fully saturated rings. The number of amidine groups is 1. The van der Waals surface area contributed by atoms with Gasteiger partial charge in [-0.3, -0.25) is 9.78 Å². The molecule has 8 heteroatoms. The van der Waals surface area contributed by atoms with Crippen molar-refractivity contribution in [2.45, 2.75) is 12.3 Å². The summed E-state index contributed by atoms with van der Waals surface area (Å²) in [6.45, 7) is 0. The minimum atomic E-state index is -2.96. The molecule has 1 amide bonds. The van der Waals surface area contributed by atoms with E-state index in [0.29, 0.717) is 5.69 Å². The summed E-state index contributed by atoms with van der Waals surface area (Å²) < 4.78 is 38.0. The maximum absolute atomic E-state index is 12.8. The third kappa shape index (κ3) is 6.39. The minimum Gasteiger partial charge on any atom is -0.384 e. The molecule has 5 nitrogen and oxygen atoms in total. The Kier molecular flexibility index (Phi) is 6.48. The molecule has 1 atom stereocenters. The van der Waals surface area contributed by atoms with Gasteiger partial charge in [-0.2, -0.15) is 4.99 Å². The zero-order valence-electron chi connectivity index (χ0n) is 13.6. The third-order valence-electron chi connectivity index (χ3n) is 3.24. The lowest BCUT2D eigenvalue weighted by Crippen LogP contribution is -2.14. The molecule has 1 aromatic heterocycles. The first kappa shape index (κ1) is 19.2. The number of pyridine rings is 1. The van der Waals surface area contributed by atoms with Gasteiger partial charge in [0.2, 0.25) is 0 Å². The Hall–Kier alpha value is -3.16. The predicted octanol–water partition coefficient (Wildman–Crippen LogP) is 3.37. The molecule has 1 unspecified atom stereocenters. The number of rotatable bonds is 4. The van der Waals surface area contributed by atoms with E-state index >= 15 is 0 Å². The van der Waals surface area contributed by atoms with Crippen molar-refractivity contribution in [1.82, 2.24) is 4.98 Å². The number of halogens is 3. The van der Waals surface area contributed by atoms with Crippen molar-refractivity contribution in [3.05, 3.63) is 73.0 Å². The summed E-state index contributed by atoms with van der Waals surface area (Å²) >= 11 is 0. The summed E-state index contributed by atoms with van der Waals surface area (Å²) in [4.78, 5) is 18.2. The first-order chi connectivity index (χ1) is 12.4. The fourth-order valence-corrected chi connectivity index (χ4v) is 1.82. The van der Waals surface area contributed by atoms with E-state index in [0.717, 1.165) is 6.20 Å². The highest BCUT2D eigenvalue weighted by Crippen LogP contribution is 2.49. The average molecular weight is 362 g/mol. The molecule has 1 heterocycles. The molecule has 136 valence electrons. The first-order valence-electron chi connectivity index (χ1n) is 7.68. The second kappa shape index (κ2) is 8.80. The second-order valence-electron chi connectivity index (χ2n) is 5.42. The van der Waals surface area contributed by atoms with Gasteiger partial charge >= 0.3 is 0 Å². The van der Waals surface area contributed by atoms with Crippen LogP contribution < -0.4 is 11.1 Å². The molecule has 1 aliphatic carbocycles. The van der Waals surface area contributed by atoms with Crippen molar-refractivity contribution in [3.63, 3.8) is 0 Å². The summed E-state index contributed by atoms with van der Waals surface area (Å²) in [7, 11) is 0. The Morgan fingerprint density at radius 3 is 2.31 bits per heavy atom.